The Labute approximate surface area is 103 Å². The minimum atomic E-state index is -0.827. The van der Waals surface area contributed by atoms with E-state index in [1.807, 2.05) is 0 Å². The Morgan fingerprint density at radius 2 is 1.75 bits per heavy atom. The van der Waals surface area contributed by atoms with Gasteiger partial charge in [-0.05, 0) is 26.0 Å². The van der Waals surface area contributed by atoms with Gasteiger partial charge in [-0.2, -0.15) is 0 Å². The van der Waals surface area contributed by atoms with E-state index >= 15 is 0 Å². The molecule has 0 aliphatic heterocycles. The van der Waals surface area contributed by atoms with Crippen LogP contribution < -0.4 is 4.74 Å². The lowest BCUT2D eigenvalue weighted by atomic mass is 10.1. The number of ketones is 1. The average molecular weight is 261 g/mol. The average Bonchev–Trinajstić information content (AvgIpc) is 2.22. The summed E-state index contributed by atoms with van der Waals surface area (Å²) in [7, 11) is 0. The number of carbonyl (C=O) groups is 2. The van der Waals surface area contributed by atoms with E-state index in [9.17, 15) is 9.59 Å². The summed E-state index contributed by atoms with van der Waals surface area (Å²) >= 11 is 11.6. The highest BCUT2D eigenvalue weighted by Crippen LogP contribution is 2.32. The lowest BCUT2D eigenvalue weighted by Gasteiger charge is -2.10. The molecular weight excluding hydrogens is 251 g/mol. The number of rotatable bonds is 3. The minimum absolute atomic E-state index is 0.0870. The van der Waals surface area contributed by atoms with Gasteiger partial charge < -0.3 is 4.74 Å². The molecule has 0 heterocycles. The van der Waals surface area contributed by atoms with Crippen molar-refractivity contribution < 1.29 is 14.3 Å². The van der Waals surface area contributed by atoms with E-state index in [-0.39, 0.29) is 21.6 Å². The molecule has 0 fully saturated rings. The Morgan fingerprint density at radius 3 is 2.19 bits per heavy atom. The summed E-state index contributed by atoms with van der Waals surface area (Å²) in [5, 5.41) is 0.466. The van der Waals surface area contributed by atoms with E-state index < -0.39 is 11.9 Å². The second-order valence-electron chi connectivity index (χ2n) is 3.30. The number of carbonyl (C=O) groups excluding carboxylic acids is 2. The van der Waals surface area contributed by atoms with E-state index in [1.54, 1.807) is 18.2 Å². The molecule has 0 spiro atoms. The van der Waals surface area contributed by atoms with Crippen LogP contribution in [0.4, 0.5) is 0 Å². The molecular formula is C11H10Cl2O3. The van der Waals surface area contributed by atoms with Crippen molar-refractivity contribution in [1.29, 1.82) is 0 Å². The van der Waals surface area contributed by atoms with Crippen LogP contribution in [0.3, 0.4) is 0 Å². The van der Waals surface area contributed by atoms with Crippen LogP contribution in [-0.4, -0.2) is 11.8 Å². The topological polar surface area (TPSA) is 43.4 Å². The second-order valence-corrected chi connectivity index (χ2v) is 4.12. The molecule has 0 saturated heterocycles. The molecule has 0 aliphatic rings. The Bertz CT molecular complexity index is 409. The van der Waals surface area contributed by atoms with Gasteiger partial charge in [0.25, 0.3) is 0 Å². The first kappa shape index (κ1) is 13.0. The van der Waals surface area contributed by atoms with Crippen LogP contribution in [0, 0.1) is 5.92 Å². The minimum Gasteiger partial charge on any atom is -0.423 e. The van der Waals surface area contributed by atoms with Crippen LogP contribution in [0.5, 0.6) is 5.75 Å². The maximum absolute atomic E-state index is 11.5. The number of hydrogen-bond acceptors (Lipinski definition) is 3. The number of hydrogen-bond donors (Lipinski definition) is 0. The van der Waals surface area contributed by atoms with Gasteiger partial charge >= 0.3 is 5.97 Å². The van der Waals surface area contributed by atoms with Gasteiger partial charge in [0.05, 0.1) is 10.0 Å². The molecule has 5 heteroatoms. The summed E-state index contributed by atoms with van der Waals surface area (Å²) in [4.78, 5) is 22.5. The predicted octanol–water partition coefficient (Wildman–Crippen LogP) is 3.12. The fourth-order valence-electron chi connectivity index (χ4n) is 0.935. The summed E-state index contributed by atoms with van der Waals surface area (Å²) in [5.41, 5.74) is 0. The van der Waals surface area contributed by atoms with Crippen molar-refractivity contribution in [2.45, 2.75) is 13.8 Å². The SMILES string of the molecule is CC(=O)C(C)C(=O)Oc1c(Cl)cccc1Cl. The molecule has 86 valence electrons. The fourth-order valence-corrected chi connectivity index (χ4v) is 1.41. The number of halogens is 2. The zero-order valence-electron chi connectivity index (χ0n) is 8.79. The predicted molar refractivity (Wildman–Crippen MR) is 61.9 cm³/mol. The lowest BCUT2D eigenvalue weighted by molar-refractivity contribution is -0.142. The number of para-hydroxylation sites is 1. The van der Waals surface area contributed by atoms with Crippen LogP contribution in [0.25, 0.3) is 0 Å². The van der Waals surface area contributed by atoms with Gasteiger partial charge in [0.1, 0.15) is 11.7 Å². The van der Waals surface area contributed by atoms with Crippen molar-refractivity contribution >= 4 is 35.0 Å². The second kappa shape index (κ2) is 5.32. The highest BCUT2D eigenvalue weighted by molar-refractivity contribution is 6.37. The van der Waals surface area contributed by atoms with Gasteiger partial charge in [0.15, 0.2) is 5.75 Å². The maximum atomic E-state index is 11.5. The van der Waals surface area contributed by atoms with Gasteiger partial charge in [-0.15, -0.1) is 0 Å². The molecule has 0 saturated carbocycles. The fraction of sp³-hybridized carbons (Fsp3) is 0.273. The standard InChI is InChI=1S/C11H10Cl2O3/c1-6(7(2)14)11(15)16-10-8(12)4-3-5-9(10)13/h3-6H,1-2H3. The smallest absolute Gasteiger partial charge is 0.321 e. The molecule has 0 aromatic heterocycles. The Kier molecular flexibility index (Phi) is 4.33. The Morgan fingerprint density at radius 1 is 1.25 bits per heavy atom. The Hall–Kier alpha value is -1.06. The molecule has 1 rings (SSSR count). The highest BCUT2D eigenvalue weighted by Gasteiger charge is 2.21. The normalized spacial score (nSPS) is 12.0. The molecule has 1 aromatic carbocycles. The quantitative estimate of drug-likeness (QED) is 0.477. The third kappa shape index (κ3) is 2.97. The molecule has 0 aliphatic carbocycles. The number of ether oxygens (including phenoxy) is 1. The molecule has 3 nitrogen and oxygen atoms in total. The molecule has 0 amide bonds. The van der Waals surface area contributed by atoms with Gasteiger partial charge in [0.2, 0.25) is 0 Å². The van der Waals surface area contributed by atoms with Crippen LogP contribution in [0.1, 0.15) is 13.8 Å². The zero-order valence-corrected chi connectivity index (χ0v) is 10.3. The summed E-state index contributed by atoms with van der Waals surface area (Å²) < 4.78 is 4.98. The van der Waals surface area contributed by atoms with Gasteiger partial charge in [-0.25, -0.2) is 0 Å². The van der Waals surface area contributed by atoms with E-state index in [1.165, 1.54) is 13.8 Å². The maximum Gasteiger partial charge on any atom is 0.321 e. The van der Waals surface area contributed by atoms with Crippen LogP contribution in [-0.2, 0) is 9.59 Å². The van der Waals surface area contributed by atoms with E-state index in [4.69, 9.17) is 27.9 Å². The molecule has 0 N–H and O–H groups in total. The van der Waals surface area contributed by atoms with Crippen LogP contribution in [0.2, 0.25) is 10.0 Å². The van der Waals surface area contributed by atoms with Crippen molar-refractivity contribution in [1.82, 2.24) is 0 Å². The first-order valence-corrected chi connectivity index (χ1v) is 5.35. The largest absolute Gasteiger partial charge is 0.423 e. The molecule has 0 bridgehead atoms. The van der Waals surface area contributed by atoms with Crippen molar-refractivity contribution in [3.8, 4) is 5.75 Å². The monoisotopic (exact) mass is 260 g/mol. The van der Waals surface area contributed by atoms with Gasteiger partial charge in [-0.1, -0.05) is 29.3 Å². The first-order chi connectivity index (χ1) is 7.43. The third-order valence-corrected chi connectivity index (χ3v) is 2.68. The lowest BCUT2D eigenvalue weighted by Crippen LogP contribution is -2.23. The summed E-state index contributed by atoms with van der Waals surface area (Å²) in [6.45, 7) is 2.79. The molecule has 16 heavy (non-hydrogen) atoms. The van der Waals surface area contributed by atoms with E-state index in [0.29, 0.717) is 0 Å². The van der Waals surface area contributed by atoms with Crippen molar-refractivity contribution in [2.75, 3.05) is 0 Å². The zero-order chi connectivity index (χ0) is 12.3. The number of benzene rings is 1. The number of esters is 1. The molecule has 1 atom stereocenters. The first-order valence-electron chi connectivity index (χ1n) is 4.59. The molecule has 1 aromatic rings. The van der Waals surface area contributed by atoms with E-state index in [0.717, 1.165) is 0 Å². The Balaban J connectivity index is 2.89. The third-order valence-electron chi connectivity index (χ3n) is 2.08. The summed E-state index contributed by atoms with van der Waals surface area (Å²) in [6.07, 6.45) is 0. The van der Waals surface area contributed by atoms with E-state index in [2.05, 4.69) is 0 Å². The number of Topliss-reactive ketones (excluding diaryl/α,β-unsaturated/α-hetero) is 1. The van der Waals surface area contributed by atoms with Crippen molar-refractivity contribution in [2.24, 2.45) is 5.92 Å². The summed E-state index contributed by atoms with van der Waals surface area (Å²) in [6, 6.07) is 4.74. The van der Waals surface area contributed by atoms with Crippen molar-refractivity contribution in [3.05, 3.63) is 28.2 Å². The summed E-state index contributed by atoms with van der Waals surface area (Å²) in [5.74, 6) is -1.67. The van der Waals surface area contributed by atoms with Crippen molar-refractivity contribution in [3.63, 3.8) is 0 Å². The van der Waals surface area contributed by atoms with Gasteiger partial charge in [-0.3, -0.25) is 9.59 Å². The molecule has 1 unspecified atom stereocenters. The van der Waals surface area contributed by atoms with Gasteiger partial charge in [0, 0.05) is 0 Å². The molecule has 0 radical (unpaired) electrons. The van der Waals surface area contributed by atoms with Crippen LogP contribution >= 0.6 is 23.2 Å². The highest BCUT2D eigenvalue weighted by atomic mass is 35.5. The van der Waals surface area contributed by atoms with Crippen LogP contribution in [0.15, 0.2) is 18.2 Å².